The molecule has 1 rings (SSSR count). The molecule has 0 atom stereocenters. The van der Waals surface area contributed by atoms with Gasteiger partial charge in [-0.3, -0.25) is 0 Å². The minimum atomic E-state index is -3.25. The number of nitrogens with zero attached hydrogens (tertiary/aromatic N) is 3. The molecule has 1 aromatic heterocycles. The second-order valence-electron chi connectivity index (χ2n) is 2.89. The topological polar surface area (TPSA) is 64.8 Å². The van der Waals surface area contributed by atoms with Crippen LogP contribution < -0.4 is 0 Å². The van der Waals surface area contributed by atoms with E-state index in [0.717, 1.165) is 6.26 Å². The summed E-state index contributed by atoms with van der Waals surface area (Å²) in [5.41, 5.74) is 0. The quantitative estimate of drug-likeness (QED) is 0.669. The minimum absolute atomic E-state index is 0.0255. The first-order chi connectivity index (χ1) is 5.43. The Morgan fingerprint density at radius 1 is 1.50 bits per heavy atom. The zero-order valence-electron chi connectivity index (χ0n) is 7.22. The molecule has 0 aromatic carbocycles. The summed E-state index contributed by atoms with van der Waals surface area (Å²) in [4.78, 5) is 0. The zero-order chi connectivity index (χ0) is 9.35. The molecule has 0 bridgehead atoms. The van der Waals surface area contributed by atoms with E-state index in [9.17, 15) is 8.42 Å². The Bertz CT molecular complexity index is 366. The lowest BCUT2D eigenvalue weighted by Crippen LogP contribution is -2.10. The van der Waals surface area contributed by atoms with Crippen molar-refractivity contribution in [3.05, 3.63) is 6.33 Å². The Hall–Kier alpha value is -0.910. The van der Waals surface area contributed by atoms with Crippen LogP contribution in [0.5, 0.6) is 0 Å². The smallest absolute Gasteiger partial charge is 0.249 e. The maximum absolute atomic E-state index is 11.1. The monoisotopic (exact) mass is 189 g/mol. The molecule has 0 amide bonds. The van der Waals surface area contributed by atoms with Gasteiger partial charge < -0.3 is 4.57 Å². The summed E-state index contributed by atoms with van der Waals surface area (Å²) in [5.74, 6) is 0. The summed E-state index contributed by atoms with van der Waals surface area (Å²) in [7, 11) is -3.25. The van der Waals surface area contributed by atoms with Crippen molar-refractivity contribution in [2.45, 2.75) is 25.0 Å². The third-order valence-electron chi connectivity index (χ3n) is 1.43. The summed E-state index contributed by atoms with van der Waals surface area (Å²) in [6.45, 7) is 3.75. The highest BCUT2D eigenvalue weighted by atomic mass is 32.2. The molecule has 12 heavy (non-hydrogen) atoms. The van der Waals surface area contributed by atoms with Gasteiger partial charge in [0.25, 0.3) is 0 Å². The largest absolute Gasteiger partial charge is 0.302 e. The van der Waals surface area contributed by atoms with Crippen LogP contribution in [-0.2, 0) is 9.84 Å². The molecule has 5 nitrogen and oxygen atoms in total. The molecule has 6 heteroatoms. The lowest BCUT2D eigenvalue weighted by atomic mass is 10.4. The second kappa shape index (κ2) is 2.85. The van der Waals surface area contributed by atoms with Crippen molar-refractivity contribution < 1.29 is 8.42 Å². The van der Waals surface area contributed by atoms with Crippen molar-refractivity contribution >= 4 is 9.84 Å². The molecule has 0 radical (unpaired) electrons. The molecule has 1 heterocycles. The van der Waals surface area contributed by atoms with Crippen LogP contribution in [0, 0.1) is 0 Å². The van der Waals surface area contributed by atoms with E-state index >= 15 is 0 Å². The molecule has 0 aliphatic carbocycles. The number of aromatic nitrogens is 3. The van der Waals surface area contributed by atoms with Gasteiger partial charge in [0.15, 0.2) is 0 Å². The highest BCUT2D eigenvalue weighted by Crippen LogP contribution is 2.10. The molecule has 0 N–H and O–H groups in total. The fraction of sp³-hybridized carbons (Fsp3) is 0.667. The van der Waals surface area contributed by atoms with E-state index in [-0.39, 0.29) is 11.2 Å². The number of hydrogen-bond donors (Lipinski definition) is 0. The van der Waals surface area contributed by atoms with Crippen LogP contribution in [0.3, 0.4) is 0 Å². The summed E-state index contributed by atoms with van der Waals surface area (Å²) in [6.07, 6.45) is 2.54. The molecular weight excluding hydrogens is 178 g/mol. The van der Waals surface area contributed by atoms with Crippen LogP contribution >= 0.6 is 0 Å². The molecule has 0 aliphatic heterocycles. The molecular formula is C6H11N3O2S. The highest BCUT2D eigenvalue weighted by Gasteiger charge is 2.16. The van der Waals surface area contributed by atoms with Crippen molar-refractivity contribution in [3.63, 3.8) is 0 Å². The normalized spacial score (nSPS) is 12.3. The molecule has 68 valence electrons. The van der Waals surface area contributed by atoms with Gasteiger partial charge in [0.05, 0.1) is 0 Å². The maximum Gasteiger partial charge on any atom is 0.249 e. The van der Waals surface area contributed by atoms with Gasteiger partial charge in [-0.2, -0.15) is 0 Å². The van der Waals surface area contributed by atoms with Crippen molar-refractivity contribution in [1.29, 1.82) is 0 Å². The van der Waals surface area contributed by atoms with Crippen molar-refractivity contribution in [3.8, 4) is 0 Å². The van der Waals surface area contributed by atoms with Gasteiger partial charge >= 0.3 is 0 Å². The van der Waals surface area contributed by atoms with Crippen LogP contribution in [0.2, 0.25) is 0 Å². The summed E-state index contributed by atoms with van der Waals surface area (Å²) in [5, 5.41) is 7.10. The highest BCUT2D eigenvalue weighted by molar-refractivity contribution is 7.90. The predicted octanol–water partition coefficient (Wildman–Crippen LogP) is 0.262. The third kappa shape index (κ3) is 1.63. The molecule has 0 spiro atoms. The molecule has 0 unspecified atom stereocenters. The van der Waals surface area contributed by atoms with E-state index in [1.807, 2.05) is 13.8 Å². The Morgan fingerprint density at radius 2 is 2.08 bits per heavy atom. The van der Waals surface area contributed by atoms with E-state index in [1.165, 1.54) is 10.9 Å². The first kappa shape index (κ1) is 9.18. The van der Waals surface area contributed by atoms with Crippen LogP contribution in [0.1, 0.15) is 19.9 Å². The average Bonchev–Trinajstić information content (AvgIpc) is 2.30. The molecule has 0 saturated heterocycles. The lowest BCUT2D eigenvalue weighted by Gasteiger charge is -2.07. The third-order valence-corrected chi connectivity index (χ3v) is 2.38. The van der Waals surface area contributed by atoms with Gasteiger partial charge in [-0.05, 0) is 13.8 Å². The lowest BCUT2D eigenvalue weighted by molar-refractivity contribution is 0.523. The Balaban J connectivity index is 3.26. The van der Waals surface area contributed by atoms with Crippen molar-refractivity contribution in [2.24, 2.45) is 0 Å². The Kier molecular flexibility index (Phi) is 2.18. The first-order valence-corrected chi connectivity index (χ1v) is 5.41. The van der Waals surface area contributed by atoms with Crippen molar-refractivity contribution in [2.75, 3.05) is 6.26 Å². The van der Waals surface area contributed by atoms with E-state index in [0.29, 0.717) is 0 Å². The van der Waals surface area contributed by atoms with E-state index < -0.39 is 9.84 Å². The van der Waals surface area contributed by atoms with Gasteiger partial charge in [0, 0.05) is 12.3 Å². The van der Waals surface area contributed by atoms with E-state index in [2.05, 4.69) is 10.2 Å². The van der Waals surface area contributed by atoms with Crippen LogP contribution in [0.15, 0.2) is 11.5 Å². The number of sulfone groups is 1. The first-order valence-electron chi connectivity index (χ1n) is 3.52. The molecule has 0 fully saturated rings. The van der Waals surface area contributed by atoms with Gasteiger partial charge in [0.2, 0.25) is 15.0 Å². The van der Waals surface area contributed by atoms with Crippen LogP contribution in [0.25, 0.3) is 0 Å². The van der Waals surface area contributed by atoms with Crippen LogP contribution in [-0.4, -0.2) is 29.4 Å². The molecule has 0 aliphatic rings. The van der Waals surface area contributed by atoms with Gasteiger partial charge in [0.1, 0.15) is 6.33 Å². The fourth-order valence-corrected chi connectivity index (χ4v) is 1.69. The molecule has 1 aromatic rings. The Labute approximate surface area is 71.3 Å². The number of hydrogen-bond acceptors (Lipinski definition) is 4. The van der Waals surface area contributed by atoms with Gasteiger partial charge in [-0.15, -0.1) is 10.2 Å². The van der Waals surface area contributed by atoms with Gasteiger partial charge in [-0.1, -0.05) is 0 Å². The number of rotatable bonds is 2. The van der Waals surface area contributed by atoms with Crippen LogP contribution in [0.4, 0.5) is 0 Å². The predicted molar refractivity (Wildman–Crippen MR) is 43.5 cm³/mol. The average molecular weight is 189 g/mol. The summed E-state index contributed by atoms with van der Waals surface area (Å²) < 4.78 is 23.7. The van der Waals surface area contributed by atoms with Gasteiger partial charge in [-0.25, -0.2) is 8.42 Å². The van der Waals surface area contributed by atoms with E-state index in [4.69, 9.17) is 0 Å². The molecule has 0 saturated carbocycles. The maximum atomic E-state index is 11.1. The van der Waals surface area contributed by atoms with E-state index in [1.54, 1.807) is 0 Å². The zero-order valence-corrected chi connectivity index (χ0v) is 8.04. The standard InChI is InChI=1S/C6H11N3O2S/c1-5(2)9-4-7-8-6(9)12(3,10)11/h4-5H,1-3H3. The Morgan fingerprint density at radius 3 is 2.42 bits per heavy atom. The summed E-state index contributed by atoms with van der Waals surface area (Å²) in [6, 6.07) is 0.0599. The minimum Gasteiger partial charge on any atom is -0.302 e. The fourth-order valence-electron chi connectivity index (χ4n) is 0.852. The summed E-state index contributed by atoms with van der Waals surface area (Å²) >= 11 is 0. The van der Waals surface area contributed by atoms with Crippen molar-refractivity contribution in [1.82, 2.24) is 14.8 Å². The SMILES string of the molecule is CC(C)n1cnnc1S(C)(=O)=O. The second-order valence-corrected chi connectivity index (χ2v) is 4.80.